The minimum Gasteiger partial charge on any atom is -0.485 e. The minimum absolute atomic E-state index is 0.126. The SMILES string of the molecule is O=C(COc1ccccc1OCc1ccccc1)Nc1ccc(-c2n[nH]c(C3CC3)n2)cc1. The van der Waals surface area contributed by atoms with Gasteiger partial charge < -0.3 is 14.8 Å². The Hall–Kier alpha value is -4.13. The second kappa shape index (κ2) is 9.56. The first-order valence-corrected chi connectivity index (χ1v) is 11.0. The van der Waals surface area contributed by atoms with E-state index in [1.807, 2.05) is 72.8 Å². The van der Waals surface area contributed by atoms with E-state index in [2.05, 4.69) is 20.5 Å². The van der Waals surface area contributed by atoms with Gasteiger partial charge in [0.25, 0.3) is 5.91 Å². The molecule has 0 atom stereocenters. The molecule has 2 N–H and O–H groups in total. The number of ether oxygens (including phenoxy) is 2. The highest BCUT2D eigenvalue weighted by molar-refractivity contribution is 5.92. The summed E-state index contributed by atoms with van der Waals surface area (Å²) in [5.74, 6) is 3.01. The third kappa shape index (κ3) is 5.38. The molecule has 4 aromatic rings. The van der Waals surface area contributed by atoms with Crippen molar-refractivity contribution in [1.29, 1.82) is 0 Å². The standard InChI is InChI=1S/C26H24N4O3/c31-24(17-33-23-9-5-4-8-22(23)32-16-18-6-2-1-3-7-18)27-21-14-12-20(13-15-21)26-28-25(29-30-26)19-10-11-19/h1-9,12-15,19H,10-11,16-17H2,(H,27,31)(H,28,29,30). The van der Waals surface area contributed by atoms with E-state index in [0.29, 0.717) is 35.5 Å². The molecule has 166 valence electrons. The fourth-order valence-electron chi connectivity index (χ4n) is 3.41. The number of benzene rings is 3. The zero-order valence-electron chi connectivity index (χ0n) is 18.0. The minimum atomic E-state index is -0.255. The zero-order chi connectivity index (χ0) is 22.5. The van der Waals surface area contributed by atoms with Gasteiger partial charge in [0.15, 0.2) is 23.9 Å². The van der Waals surface area contributed by atoms with Crippen LogP contribution in [0.15, 0.2) is 78.9 Å². The Morgan fingerprint density at radius 2 is 1.61 bits per heavy atom. The number of carbonyl (C=O) groups excluding carboxylic acids is 1. The second-order valence-corrected chi connectivity index (χ2v) is 7.95. The van der Waals surface area contributed by atoms with Gasteiger partial charge in [-0.25, -0.2) is 4.98 Å². The second-order valence-electron chi connectivity index (χ2n) is 7.95. The first kappa shape index (κ1) is 20.8. The maximum absolute atomic E-state index is 12.4. The van der Waals surface area contributed by atoms with Gasteiger partial charge in [0.05, 0.1) is 0 Å². The summed E-state index contributed by atoms with van der Waals surface area (Å²) in [7, 11) is 0. The van der Waals surface area contributed by atoms with Crippen LogP contribution in [0.1, 0.15) is 30.1 Å². The molecule has 33 heavy (non-hydrogen) atoms. The summed E-state index contributed by atoms with van der Waals surface area (Å²) >= 11 is 0. The molecule has 0 aliphatic heterocycles. The Labute approximate surface area is 191 Å². The zero-order valence-corrected chi connectivity index (χ0v) is 18.0. The monoisotopic (exact) mass is 440 g/mol. The molecule has 1 amide bonds. The lowest BCUT2D eigenvalue weighted by atomic mass is 10.2. The summed E-state index contributed by atoms with van der Waals surface area (Å²) in [6, 6.07) is 24.7. The molecule has 1 aliphatic rings. The van der Waals surface area contributed by atoms with E-state index in [9.17, 15) is 4.79 Å². The number of aromatic amines is 1. The first-order valence-electron chi connectivity index (χ1n) is 11.0. The van der Waals surface area contributed by atoms with E-state index < -0.39 is 0 Å². The van der Waals surface area contributed by atoms with Crippen molar-refractivity contribution in [3.05, 3.63) is 90.3 Å². The molecule has 1 saturated carbocycles. The van der Waals surface area contributed by atoms with Crippen molar-refractivity contribution in [2.45, 2.75) is 25.4 Å². The van der Waals surface area contributed by atoms with Gasteiger partial charge in [-0.1, -0.05) is 42.5 Å². The molecule has 5 rings (SSSR count). The van der Waals surface area contributed by atoms with Gasteiger partial charge in [0, 0.05) is 17.2 Å². The quantitative estimate of drug-likeness (QED) is 0.385. The predicted octanol–water partition coefficient (Wildman–Crippen LogP) is 4.95. The maximum Gasteiger partial charge on any atom is 0.262 e. The van der Waals surface area contributed by atoms with Gasteiger partial charge in [0.1, 0.15) is 12.4 Å². The van der Waals surface area contributed by atoms with E-state index in [0.717, 1.165) is 17.0 Å². The van der Waals surface area contributed by atoms with Gasteiger partial charge in [-0.05, 0) is 54.8 Å². The molecule has 0 unspecified atom stereocenters. The van der Waals surface area contributed by atoms with Crippen molar-refractivity contribution in [3.63, 3.8) is 0 Å². The van der Waals surface area contributed by atoms with Crippen LogP contribution in [0.25, 0.3) is 11.4 Å². The molecule has 0 saturated heterocycles. The van der Waals surface area contributed by atoms with Crippen LogP contribution < -0.4 is 14.8 Å². The molecule has 1 aromatic heterocycles. The van der Waals surface area contributed by atoms with Crippen molar-refractivity contribution in [1.82, 2.24) is 15.2 Å². The topological polar surface area (TPSA) is 89.1 Å². The van der Waals surface area contributed by atoms with E-state index in [1.165, 1.54) is 12.8 Å². The Balaban J connectivity index is 1.14. The smallest absolute Gasteiger partial charge is 0.262 e. The number of hydrogen-bond acceptors (Lipinski definition) is 5. The van der Waals surface area contributed by atoms with Crippen molar-refractivity contribution in [3.8, 4) is 22.9 Å². The van der Waals surface area contributed by atoms with Crippen LogP contribution >= 0.6 is 0 Å². The molecule has 1 heterocycles. The lowest BCUT2D eigenvalue weighted by Crippen LogP contribution is -2.20. The lowest BCUT2D eigenvalue weighted by Gasteiger charge is -2.13. The van der Waals surface area contributed by atoms with Gasteiger partial charge in [0.2, 0.25) is 0 Å². The first-order chi connectivity index (χ1) is 16.2. The van der Waals surface area contributed by atoms with E-state index >= 15 is 0 Å². The van der Waals surface area contributed by atoms with Crippen molar-refractivity contribution in [2.75, 3.05) is 11.9 Å². The highest BCUT2D eigenvalue weighted by Gasteiger charge is 2.27. The normalized spacial score (nSPS) is 12.8. The predicted molar refractivity (Wildman–Crippen MR) is 125 cm³/mol. The largest absolute Gasteiger partial charge is 0.485 e. The summed E-state index contributed by atoms with van der Waals surface area (Å²) in [6.07, 6.45) is 2.34. The summed E-state index contributed by atoms with van der Waals surface area (Å²) in [5.41, 5.74) is 2.64. The number of nitrogens with one attached hydrogen (secondary N) is 2. The number of amides is 1. The third-order valence-electron chi connectivity index (χ3n) is 5.34. The molecule has 0 bridgehead atoms. The van der Waals surface area contributed by atoms with Crippen LogP contribution in [0.3, 0.4) is 0 Å². The molecule has 7 nitrogen and oxygen atoms in total. The lowest BCUT2D eigenvalue weighted by molar-refractivity contribution is -0.118. The Bertz CT molecular complexity index is 1220. The van der Waals surface area contributed by atoms with E-state index in [-0.39, 0.29) is 12.5 Å². The molecule has 1 aliphatic carbocycles. The van der Waals surface area contributed by atoms with Gasteiger partial charge in [-0.3, -0.25) is 9.89 Å². The van der Waals surface area contributed by atoms with Crippen LogP contribution in [-0.2, 0) is 11.4 Å². The number of nitrogens with zero attached hydrogens (tertiary/aromatic N) is 2. The van der Waals surface area contributed by atoms with Crippen molar-refractivity contribution >= 4 is 11.6 Å². The Morgan fingerprint density at radius 3 is 2.33 bits per heavy atom. The fraction of sp³-hybridized carbons (Fsp3) is 0.192. The summed E-state index contributed by atoms with van der Waals surface area (Å²) in [6.45, 7) is 0.298. The number of para-hydroxylation sites is 2. The molecule has 0 radical (unpaired) electrons. The molecule has 1 fully saturated rings. The number of aromatic nitrogens is 3. The number of hydrogen-bond donors (Lipinski definition) is 2. The highest BCUT2D eigenvalue weighted by atomic mass is 16.5. The van der Waals surface area contributed by atoms with Crippen LogP contribution in [0.2, 0.25) is 0 Å². The van der Waals surface area contributed by atoms with Crippen LogP contribution in [0.4, 0.5) is 5.69 Å². The van der Waals surface area contributed by atoms with Crippen LogP contribution in [0.5, 0.6) is 11.5 Å². The number of rotatable bonds is 9. The Morgan fingerprint density at radius 1 is 0.909 bits per heavy atom. The van der Waals surface area contributed by atoms with E-state index in [4.69, 9.17) is 9.47 Å². The third-order valence-corrected chi connectivity index (χ3v) is 5.34. The fourth-order valence-corrected chi connectivity index (χ4v) is 3.41. The molecule has 0 spiro atoms. The number of carbonyl (C=O) groups is 1. The van der Waals surface area contributed by atoms with Gasteiger partial charge in [-0.15, -0.1) is 0 Å². The van der Waals surface area contributed by atoms with Crippen LogP contribution in [0, 0.1) is 0 Å². The summed E-state index contributed by atoms with van der Waals surface area (Å²) < 4.78 is 11.6. The van der Waals surface area contributed by atoms with Crippen LogP contribution in [-0.4, -0.2) is 27.7 Å². The highest BCUT2D eigenvalue weighted by Crippen LogP contribution is 2.38. The van der Waals surface area contributed by atoms with E-state index in [1.54, 1.807) is 6.07 Å². The van der Waals surface area contributed by atoms with Gasteiger partial charge >= 0.3 is 0 Å². The average molecular weight is 441 g/mol. The summed E-state index contributed by atoms with van der Waals surface area (Å²) in [5, 5.41) is 10.1. The Kier molecular flexibility index (Phi) is 6.01. The summed E-state index contributed by atoms with van der Waals surface area (Å²) in [4.78, 5) is 17.0. The molecule has 7 heteroatoms. The van der Waals surface area contributed by atoms with Crippen molar-refractivity contribution in [2.24, 2.45) is 0 Å². The molecular weight excluding hydrogens is 416 g/mol. The number of anilines is 1. The van der Waals surface area contributed by atoms with Gasteiger partial charge in [-0.2, -0.15) is 5.10 Å². The average Bonchev–Trinajstić information content (AvgIpc) is 3.59. The number of H-pyrrole nitrogens is 1. The maximum atomic E-state index is 12.4. The van der Waals surface area contributed by atoms with Crippen molar-refractivity contribution < 1.29 is 14.3 Å². The molecular formula is C26H24N4O3. The molecule has 3 aromatic carbocycles.